The first-order chi connectivity index (χ1) is 8.10. The van der Waals surface area contributed by atoms with Gasteiger partial charge < -0.3 is 14.8 Å². The topological polar surface area (TPSA) is 62.3 Å². The van der Waals surface area contributed by atoms with Crippen molar-refractivity contribution >= 4 is 16.9 Å². The van der Waals surface area contributed by atoms with E-state index in [2.05, 4.69) is 11.1 Å². The van der Waals surface area contributed by atoms with Gasteiger partial charge in [0.25, 0.3) is 0 Å². The number of ether oxygens (including phenoxy) is 1. The van der Waals surface area contributed by atoms with Crippen LogP contribution in [0.5, 0.6) is 5.75 Å². The van der Waals surface area contributed by atoms with E-state index in [1.54, 1.807) is 7.11 Å². The van der Waals surface area contributed by atoms with Crippen LogP contribution >= 0.6 is 0 Å². The molecule has 90 valence electrons. The molecule has 1 aromatic carbocycles. The first kappa shape index (κ1) is 11.5. The monoisotopic (exact) mass is 233 g/mol. The van der Waals surface area contributed by atoms with Crippen molar-refractivity contribution in [1.29, 1.82) is 0 Å². The average molecular weight is 233 g/mol. The van der Waals surface area contributed by atoms with Crippen LogP contribution in [0.4, 0.5) is 0 Å². The van der Waals surface area contributed by atoms with Crippen molar-refractivity contribution in [2.24, 2.45) is 0 Å². The fourth-order valence-corrected chi connectivity index (χ4v) is 1.95. The van der Waals surface area contributed by atoms with Gasteiger partial charge in [0.2, 0.25) is 0 Å². The lowest BCUT2D eigenvalue weighted by molar-refractivity contribution is -0.136. The Morgan fingerprint density at radius 2 is 2.18 bits per heavy atom. The number of fused-ring (bicyclic) bond motifs is 1. The molecule has 1 heterocycles. The molecular formula is C13H15NO3. The molecule has 0 bridgehead atoms. The van der Waals surface area contributed by atoms with Gasteiger partial charge in [0.1, 0.15) is 5.75 Å². The zero-order valence-electron chi connectivity index (χ0n) is 9.91. The van der Waals surface area contributed by atoms with E-state index >= 15 is 0 Å². The Hall–Kier alpha value is -1.97. The number of hydrogen-bond donors (Lipinski definition) is 2. The Labute approximate surface area is 99.2 Å². The quantitative estimate of drug-likeness (QED) is 0.852. The van der Waals surface area contributed by atoms with Crippen LogP contribution in [0.25, 0.3) is 10.9 Å². The number of nitrogens with one attached hydrogen (secondary N) is 1. The third-order valence-corrected chi connectivity index (χ3v) is 2.72. The minimum atomic E-state index is -0.785. The maximum absolute atomic E-state index is 10.5. The molecule has 0 fully saturated rings. The number of carboxylic acids is 1. The Balaban J connectivity index is 2.39. The molecule has 4 heteroatoms. The molecule has 17 heavy (non-hydrogen) atoms. The summed E-state index contributed by atoms with van der Waals surface area (Å²) in [6.45, 7) is 2.01. The van der Waals surface area contributed by atoms with E-state index in [1.807, 2.05) is 19.1 Å². The van der Waals surface area contributed by atoms with Crippen molar-refractivity contribution in [1.82, 2.24) is 4.98 Å². The van der Waals surface area contributed by atoms with Crippen LogP contribution < -0.4 is 4.74 Å². The van der Waals surface area contributed by atoms with Crippen molar-refractivity contribution in [3.63, 3.8) is 0 Å². The Kier molecular flexibility index (Phi) is 3.04. The summed E-state index contributed by atoms with van der Waals surface area (Å²) in [5.74, 6) is 0.00776. The molecule has 0 radical (unpaired) electrons. The highest BCUT2D eigenvalue weighted by molar-refractivity contribution is 5.87. The molecule has 0 amide bonds. The largest absolute Gasteiger partial charge is 0.495 e. The van der Waals surface area contributed by atoms with Crippen LogP contribution in [0.3, 0.4) is 0 Å². The third-order valence-electron chi connectivity index (χ3n) is 2.72. The molecular weight excluding hydrogens is 218 g/mol. The summed E-state index contributed by atoms with van der Waals surface area (Å²) in [7, 11) is 1.63. The first-order valence-electron chi connectivity index (χ1n) is 5.48. The summed E-state index contributed by atoms with van der Waals surface area (Å²) in [5.41, 5.74) is 2.97. The van der Waals surface area contributed by atoms with Crippen molar-refractivity contribution in [2.75, 3.05) is 7.11 Å². The summed E-state index contributed by atoms with van der Waals surface area (Å²) in [6, 6.07) is 5.99. The fraction of sp³-hybridized carbons (Fsp3) is 0.308. The number of aryl methyl sites for hydroxylation is 2. The van der Waals surface area contributed by atoms with E-state index in [0.29, 0.717) is 6.42 Å². The predicted molar refractivity (Wildman–Crippen MR) is 65.5 cm³/mol. The number of carbonyl (C=O) groups is 1. The molecule has 0 aliphatic heterocycles. The molecule has 4 nitrogen and oxygen atoms in total. The van der Waals surface area contributed by atoms with Gasteiger partial charge in [-0.2, -0.15) is 0 Å². The van der Waals surface area contributed by atoms with Gasteiger partial charge in [-0.3, -0.25) is 4.79 Å². The van der Waals surface area contributed by atoms with Gasteiger partial charge in [-0.15, -0.1) is 0 Å². The van der Waals surface area contributed by atoms with Crippen molar-refractivity contribution in [3.8, 4) is 5.75 Å². The SMILES string of the molecule is COc1cc(C)cc2cc(CCC(=O)O)[nH]c12. The van der Waals surface area contributed by atoms with Crippen molar-refractivity contribution in [3.05, 3.63) is 29.5 Å². The van der Waals surface area contributed by atoms with Crippen molar-refractivity contribution < 1.29 is 14.6 Å². The second kappa shape index (κ2) is 4.49. The number of benzene rings is 1. The minimum absolute atomic E-state index is 0.133. The van der Waals surface area contributed by atoms with Crippen LogP contribution in [0.2, 0.25) is 0 Å². The maximum atomic E-state index is 10.5. The van der Waals surface area contributed by atoms with Gasteiger partial charge in [0.15, 0.2) is 0 Å². The molecule has 2 rings (SSSR count). The highest BCUT2D eigenvalue weighted by Gasteiger charge is 2.08. The number of H-pyrrole nitrogens is 1. The van der Waals surface area contributed by atoms with Crippen LogP contribution in [0.1, 0.15) is 17.7 Å². The summed E-state index contributed by atoms with van der Waals surface area (Å²) < 4.78 is 5.30. The smallest absolute Gasteiger partial charge is 0.303 e. The van der Waals surface area contributed by atoms with E-state index in [9.17, 15) is 4.79 Å². The van der Waals surface area contributed by atoms with Crippen LogP contribution in [-0.2, 0) is 11.2 Å². The highest BCUT2D eigenvalue weighted by Crippen LogP contribution is 2.27. The molecule has 0 saturated carbocycles. The van der Waals surface area contributed by atoms with E-state index in [4.69, 9.17) is 9.84 Å². The summed E-state index contributed by atoms with van der Waals surface area (Å²) in [4.78, 5) is 13.7. The van der Waals surface area contributed by atoms with E-state index in [-0.39, 0.29) is 6.42 Å². The number of aliphatic carboxylic acids is 1. The lowest BCUT2D eigenvalue weighted by atomic mass is 10.1. The predicted octanol–water partition coefficient (Wildman–Crippen LogP) is 2.50. The fourth-order valence-electron chi connectivity index (χ4n) is 1.95. The summed E-state index contributed by atoms with van der Waals surface area (Å²) in [5, 5.41) is 9.71. The molecule has 2 N–H and O–H groups in total. The molecule has 0 unspecified atom stereocenters. The molecule has 0 aliphatic rings. The van der Waals surface area contributed by atoms with Crippen LogP contribution in [0.15, 0.2) is 18.2 Å². The number of hydrogen-bond acceptors (Lipinski definition) is 2. The van der Waals surface area contributed by atoms with Gasteiger partial charge >= 0.3 is 5.97 Å². The number of rotatable bonds is 4. The third kappa shape index (κ3) is 2.41. The van der Waals surface area contributed by atoms with E-state index < -0.39 is 5.97 Å². The van der Waals surface area contributed by atoms with Crippen LogP contribution in [0, 0.1) is 6.92 Å². The Bertz CT molecular complexity index is 557. The normalized spacial score (nSPS) is 10.7. The zero-order valence-corrected chi connectivity index (χ0v) is 9.91. The number of carboxylic acid groups (broad SMARTS) is 1. The standard InChI is InChI=1S/C13H15NO3/c1-8-5-9-7-10(3-4-12(15)16)14-13(9)11(6-8)17-2/h5-7,14H,3-4H2,1-2H3,(H,15,16). The van der Waals surface area contributed by atoms with Gasteiger partial charge in [-0.1, -0.05) is 0 Å². The molecule has 0 saturated heterocycles. The second-order valence-electron chi connectivity index (χ2n) is 4.12. The summed E-state index contributed by atoms with van der Waals surface area (Å²) in [6.07, 6.45) is 0.639. The molecule has 0 atom stereocenters. The molecule has 2 aromatic rings. The first-order valence-corrected chi connectivity index (χ1v) is 5.48. The van der Waals surface area contributed by atoms with Crippen LogP contribution in [-0.4, -0.2) is 23.2 Å². The van der Waals surface area contributed by atoms with Gasteiger partial charge in [0.05, 0.1) is 19.0 Å². The van der Waals surface area contributed by atoms with Gasteiger partial charge in [-0.05, 0) is 37.1 Å². The lowest BCUT2D eigenvalue weighted by Gasteiger charge is -2.02. The number of methoxy groups -OCH3 is 1. The number of aromatic amines is 1. The summed E-state index contributed by atoms with van der Waals surface area (Å²) >= 11 is 0. The molecule has 0 aliphatic carbocycles. The maximum Gasteiger partial charge on any atom is 0.303 e. The number of aromatic nitrogens is 1. The lowest BCUT2D eigenvalue weighted by Crippen LogP contribution is -1.97. The molecule has 1 aromatic heterocycles. The van der Waals surface area contributed by atoms with E-state index in [1.165, 1.54) is 0 Å². The highest BCUT2D eigenvalue weighted by atomic mass is 16.5. The Morgan fingerprint density at radius 1 is 1.41 bits per heavy atom. The minimum Gasteiger partial charge on any atom is -0.495 e. The van der Waals surface area contributed by atoms with E-state index in [0.717, 1.165) is 27.9 Å². The van der Waals surface area contributed by atoms with Gasteiger partial charge in [0, 0.05) is 11.1 Å². The molecule has 0 spiro atoms. The Morgan fingerprint density at radius 3 is 2.82 bits per heavy atom. The van der Waals surface area contributed by atoms with Gasteiger partial charge in [-0.25, -0.2) is 0 Å². The van der Waals surface area contributed by atoms with Crippen molar-refractivity contribution in [2.45, 2.75) is 19.8 Å². The second-order valence-corrected chi connectivity index (χ2v) is 4.12. The zero-order chi connectivity index (χ0) is 12.4. The average Bonchev–Trinajstić information content (AvgIpc) is 2.67.